The van der Waals surface area contributed by atoms with Crippen molar-refractivity contribution in [1.29, 1.82) is 0 Å². The normalized spacial score (nSPS) is 10.8. The van der Waals surface area contributed by atoms with Crippen molar-refractivity contribution in [3.8, 4) is 5.75 Å². The fourth-order valence-corrected chi connectivity index (χ4v) is 1.17. The Morgan fingerprint density at radius 1 is 1.32 bits per heavy atom. The summed E-state index contributed by atoms with van der Waals surface area (Å²) in [7, 11) is 2.28. The summed E-state index contributed by atoms with van der Waals surface area (Å²) in [5.41, 5.74) is -0.0599. The minimum Gasteiger partial charge on any atom is -0.505 e. The molecule has 0 fully saturated rings. The highest BCUT2D eigenvalue weighted by molar-refractivity contribution is 5.98. The van der Waals surface area contributed by atoms with E-state index in [1.165, 1.54) is 6.07 Å². The van der Waals surface area contributed by atoms with E-state index >= 15 is 0 Å². The minimum absolute atomic E-state index is 0.163. The van der Waals surface area contributed by atoms with Gasteiger partial charge < -0.3 is 19.9 Å². The molecule has 2 N–H and O–H groups in total. The van der Waals surface area contributed by atoms with Gasteiger partial charge in [0.15, 0.2) is 11.6 Å². The molecule has 19 heavy (non-hydrogen) atoms. The topological polar surface area (TPSA) is 84.9 Å². The van der Waals surface area contributed by atoms with Gasteiger partial charge in [0.2, 0.25) is 0 Å². The number of benzene rings is 1. The van der Waals surface area contributed by atoms with Crippen molar-refractivity contribution in [2.24, 2.45) is 0 Å². The lowest BCUT2D eigenvalue weighted by atomic mass is 10.2. The van der Waals surface area contributed by atoms with E-state index < -0.39 is 23.5 Å². The molecule has 0 spiro atoms. The summed E-state index contributed by atoms with van der Waals surface area (Å²) in [5, 5.41) is 11.5. The van der Waals surface area contributed by atoms with Gasteiger partial charge in [0.1, 0.15) is 5.70 Å². The van der Waals surface area contributed by atoms with Crippen LogP contribution in [0.25, 0.3) is 0 Å². The van der Waals surface area contributed by atoms with Crippen molar-refractivity contribution in [3.63, 3.8) is 0 Å². The van der Waals surface area contributed by atoms with Crippen LogP contribution in [-0.4, -0.2) is 31.3 Å². The van der Waals surface area contributed by atoms with Crippen molar-refractivity contribution in [1.82, 2.24) is 0 Å². The number of nitrogens with one attached hydrogen (secondary N) is 1. The first-order valence-electron chi connectivity index (χ1n) is 5.11. The number of aromatic hydroxyl groups is 1. The zero-order valence-corrected chi connectivity index (χ0v) is 10.3. The van der Waals surface area contributed by atoms with E-state index in [1.54, 1.807) is 0 Å². The van der Waals surface area contributed by atoms with Crippen LogP contribution in [0.4, 0.5) is 10.1 Å². The Morgan fingerprint density at radius 2 is 2.00 bits per heavy atom. The average molecular weight is 269 g/mol. The van der Waals surface area contributed by atoms with Crippen LogP contribution in [0.15, 0.2) is 30.0 Å². The summed E-state index contributed by atoms with van der Waals surface area (Å²) in [5.74, 6) is -2.99. The molecule has 0 bridgehead atoms. The summed E-state index contributed by atoms with van der Waals surface area (Å²) in [4.78, 5) is 22.5. The number of carbonyl (C=O) groups is 2. The molecule has 0 aliphatic rings. The molecule has 1 aromatic carbocycles. The first-order valence-corrected chi connectivity index (χ1v) is 5.11. The van der Waals surface area contributed by atoms with Crippen LogP contribution >= 0.6 is 0 Å². The second kappa shape index (κ2) is 6.39. The van der Waals surface area contributed by atoms with Crippen LogP contribution in [-0.2, 0) is 19.1 Å². The number of phenols is 1. The highest BCUT2D eigenvalue weighted by atomic mass is 19.1. The van der Waals surface area contributed by atoms with Crippen LogP contribution in [0.2, 0.25) is 0 Å². The molecule has 0 aromatic heterocycles. The number of esters is 2. The van der Waals surface area contributed by atoms with Crippen LogP contribution < -0.4 is 5.32 Å². The molecule has 1 aromatic rings. The van der Waals surface area contributed by atoms with Crippen LogP contribution in [0, 0.1) is 5.82 Å². The predicted octanol–water partition coefficient (Wildman–Crippen LogP) is 1.17. The Kier molecular flexibility index (Phi) is 4.87. The highest BCUT2D eigenvalue weighted by Gasteiger charge is 2.13. The maximum Gasteiger partial charge on any atom is 0.354 e. The zero-order valence-electron chi connectivity index (χ0n) is 10.3. The largest absolute Gasteiger partial charge is 0.505 e. The molecule has 0 saturated heterocycles. The zero-order chi connectivity index (χ0) is 14.4. The Labute approximate surface area is 108 Å². The number of ether oxygens (including phenoxy) is 2. The molecule has 102 valence electrons. The third-order valence-corrected chi connectivity index (χ3v) is 2.10. The van der Waals surface area contributed by atoms with Gasteiger partial charge in [-0.15, -0.1) is 0 Å². The molecule has 0 unspecified atom stereocenters. The summed E-state index contributed by atoms with van der Waals surface area (Å²) in [6, 6.07) is 3.39. The van der Waals surface area contributed by atoms with E-state index in [0.29, 0.717) is 0 Å². The molecule has 0 heterocycles. The number of hydrogen-bond acceptors (Lipinski definition) is 6. The summed E-state index contributed by atoms with van der Waals surface area (Å²) in [6.45, 7) is 0. The molecule has 0 aliphatic carbocycles. The molecular weight excluding hydrogens is 257 g/mol. The van der Waals surface area contributed by atoms with Gasteiger partial charge >= 0.3 is 11.9 Å². The van der Waals surface area contributed by atoms with E-state index in [9.17, 15) is 14.0 Å². The van der Waals surface area contributed by atoms with Crippen LogP contribution in [0.1, 0.15) is 0 Å². The SMILES string of the molecule is COC(=O)/C=C(/Nc1ccc(O)c(F)c1)C(=O)OC. The van der Waals surface area contributed by atoms with Gasteiger partial charge in [-0.1, -0.05) is 0 Å². The van der Waals surface area contributed by atoms with Crippen LogP contribution in [0.3, 0.4) is 0 Å². The number of halogens is 1. The number of carbonyl (C=O) groups excluding carboxylic acids is 2. The van der Waals surface area contributed by atoms with E-state index in [-0.39, 0.29) is 11.4 Å². The molecule has 0 aliphatic heterocycles. The fraction of sp³-hybridized carbons (Fsp3) is 0.167. The van der Waals surface area contributed by atoms with Crippen molar-refractivity contribution < 1.29 is 28.6 Å². The Bertz CT molecular complexity index is 527. The predicted molar refractivity (Wildman–Crippen MR) is 63.8 cm³/mol. The van der Waals surface area contributed by atoms with Crippen molar-refractivity contribution in [3.05, 3.63) is 35.8 Å². The number of methoxy groups -OCH3 is 2. The average Bonchev–Trinajstić information content (AvgIpc) is 2.41. The number of phenolic OH excluding ortho intramolecular Hbond substituents is 1. The molecule has 0 amide bonds. The van der Waals surface area contributed by atoms with E-state index in [4.69, 9.17) is 5.11 Å². The number of rotatable bonds is 4. The first-order chi connectivity index (χ1) is 8.97. The maximum atomic E-state index is 13.1. The second-order valence-electron chi connectivity index (χ2n) is 3.36. The summed E-state index contributed by atoms with van der Waals surface area (Å²) >= 11 is 0. The molecule has 0 radical (unpaired) electrons. The van der Waals surface area contributed by atoms with E-state index in [0.717, 1.165) is 32.4 Å². The van der Waals surface area contributed by atoms with Gasteiger partial charge in [-0.2, -0.15) is 0 Å². The molecule has 0 saturated carbocycles. The van der Waals surface area contributed by atoms with E-state index in [2.05, 4.69) is 14.8 Å². The number of hydrogen-bond donors (Lipinski definition) is 2. The fourth-order valence-electron chi connectivity index (χ4n) is 1.17. The van der Waals surface area contributed by atoms with Gasteiger partial charge in [-0.05, 0) is 12.1 Å². The minimum atomic E-state index is -0.868. The molecule has 1 rings (SSSR count). The monoisotopic (exact) mass is 269 g/mol. The Hall–Kier alpha value is -2.57. The quantitative estimate of drug-likeness (QED) is 0.485. The Balaban J connectivity index is 3.00. The third-order valence-electron chi connectivity index (χ3n) is 2.10. The van der Waals surface area contributed by atoms with Crippen molar-refractivity contribution in [2.75, 3.05) is 19.5 Å². The molecule has 0 atom stereocenters. The van der Waals surface area contributed by atoms with E-state index in [1.807, 2.05) is 0 Å². The third kappa shape index (κ3) is 3.98. The highest BCUT2D eigenvalue weighted by Crippen LogP contribution is 2.20. The Morgan fingerprint density at radius 3 is 2.53 bits per heavy atom. The summed E-state index contributed by atoms with van der Waals surface area (Å²) < 4.78 is 22.0. The van der Waals surface area contributed by atoms with Crippen molar-refractivity contribution >= 4 is 17.6 Å². The lowest BCUT2D eigenvalue weighted by Gasteiger charge is -2.09. The molecule has 7 heteroatoms. The first kappa shape index (κ1) is 14.5. The lowest BCUT2D eigenvalue weighted by Crippen LogP contribution is -2.15. The molecule has 6 nitrogen and oxygen atoms in total. The maximum absolute atomic E-state index is 13.1. The van der Waals surface area contributed by atoms with Gasteiger partial charge in [0, 0.05) is 11.8 Å². The number of anilines is 1. The standard InChI is InChI=1S/C12H12FNO5/c1-18-11(16)6-9(12(17)19-2)14-7-3-4-10(15)8(13)5-7/h3-6,14-15H,1-2H3/b9-6+. The van der Waals surface area contributed by atoms with Gasteiger partial charge in [-0.25, -0.2) is 14.0 Å². The smallest absolute Gasteiger partial charge is 0.354 e. The van der Waals surface area contributed by atoms with Gasteiger partial charge in [-0.3, -0.25) is 0 Å². The van der Waals surface area contributed by atoms with Crippen molar-refractivity contribution in [2.45, 2.75) is 0 Å². The molecular formula is C12H12FNO5. The summed E-state index contributed by atoms with van der Waals surface area (Å²) in [6.07, 6.45) is 0.872. The lowest BCUT2D eigenvalue weighted by molar-refractivity contribution is -0.138. The second-order valence-corrected chi connectivity index (χ2v) is 3.36. The van der Waals surface area contributed by atoms with Gasteiger partial charge in [0.25, 0.3) is 0 Å². The van der Waals surface area contributed by atoms with Crippen LogP contribution in [0.5, 0.6) is 5.75 Å². The van der Waals surface area contributed by atoms with Gasteiger partial charge in [0.05, 0.1) is 20.3 Å².